The second-order valence-corrected chi connectivity index (χ2v) is 5.15. The lowest BCUT2D eigenvalue weighted by atomic mass is 10.3. The third-order valence-electron chi connectivity index (χ3n) is 3.17. The molecule has 2 aromatic rings. The molecule has 0 atom stereocenters. The quantitative estimate of drug-likeness (QED) is 0.462. The average Bonchev–Trinajstić information content (AvgIpc) is 2.66. The van der Waals surface area contributed by atoms with Gasteiger partial charge in [-0.1, -0.05) is 36.4 Å². The van der Waals surface area contributed by atoms with Gasteiger partial charge in [0.15, 0.2) is 0 Å². The molecule has 26 heavy (non-hydrogen) atoms. The Kier molecular flexibility index (Phi) is 6.87. The van der Waals surface area contributed by atoms with Gasteiger partial charge in [0.2, 0.25) is 0 Å². The summed E-state index contributed by atoms with van der Waals surface area (Å²) in [5.41, 5.74) is 0.997. The van der Waals surface area contributed by atoms with Crippen molar-refractivity contribution >= 4 is 35.0 Å². The van der Waals surface area contributed by atoms with Crippen LogP contribution in [0, 0.1) is 0 Å². The van der Waals surface area contributed by atoms with Gasteiger partial charge in [-0.3, -0.25) is 19.2 Å². The van der Waals surface area contributed by atoms with E-state index < -0.39 is 23.6 Å². The van der Waals surface area contributed by atoms with Crippen molar-refractivity contribution in [1.82, 2.24) is 10.6 Å². The fraction of sp³-hybridized carbons (Fsp3) is 0.111. The molecule has 0 aliphatic rings. The van der Waals surface area contributed by atoms with Gasteiger partial charge in [0.05, 0.1) is 0 Å². The van der Waals surface area contributed by atoms with E-state index in [9.17, 15) is 19.2 Å². The molecule has 0 aromatic heterocycles. The second-order valence-electron chi connectivity index (χ2n) is 5.15. The third kappa shape index (κ3) is 6.08. The number of nitrogens with one attached hydrogen (secondary N) is 4. The first-order valence-corrected chi connectivity index (χ1v) is 7.84. The molecular weight excluding hydrogens is 336 g/mol. The topological polar surface area (TPSA) is 116 Å². The highest BCUT2D eigenvalue weighted by molar-refractivity contribution is 6.40. The lowest BCUT2D eigenvalue weighted by molar-refractivity contribution is -0.136. The van der Waals surface area contributed by atoms with Crippen LogP contribution in [0.5, 0.6) is 0 Å². The molecule has 0 fully saturated rings. The summed E-state index contributed by atoms with van der Waals surface area (Å²) in [6.07, 6.45) is 0. The fourth-order valence-electron chi connectivity index (χ4n) is 1.93. The highest BCUT2D eigenvalue weighted by atomic mass is 16.2. The van der Waals surface area contributed by atoms with E-state index >= 15 is 0 Å². The summed E-state index contributed by atoms with van der Waals surface area (Å²) in [6.45, 7) is 0.0107. The lowest BCUT2D eigenvalue weighted by Crippen LogP contribution is -2.42. The Morgan fingerprint density at radius 1 is 0.538 bits per heavy atom. The van der Waals surface area contributed by atoms with Crippen molar-refractivity contribution in [2.75, 3.05) is 23.7 Å². The molecule has 0 spiro atoms. The number of rotatable bonds is 5. The Morgan fingerprint density at radius 2 is 0.885 bits per heavy atom. The van der Waals surface area contributed by atoms with E-state index in [0.717, 1.165) is 0 Å². The molecule has 134 valence electrons. The van der Waals surface area contributed by atoms with Crippen LogP contribution in [0.3, 0.4) is 0 Å². The zero-order valence-electron chi connectivity index (χ0n) is 13.8. The summed E-state index contributed by atoms with van der Waals surface area (Å²) >= 11 is 0. The smallest absolute Gasteiger partial charge is 0.313 e. The maximum atomic E-state index is 11.7. The van der Waals surface area contributed by atoms with E-state index in [4.69, 9.17) is 0 Å². The largest absolute Gasteiger partial charge is 0.346 e. The van der Waals surface area contributed by atoms with Gasteiger partial charge < -0.3 is 21.3 Å². The first kappa shape index (κ1) is 18.7. The molecule has 0 heterocycles. The van der Waals surface area contributed by atoms with Crippen LogP contribution in [0.25, 0.3) is 0 Å². The molecule has 2 aromatic carbocycles. The van der Waals surface area contributed by atoms with E-state index in [1.807, 2.05) is 0 Å². The first-order chi connectivity index (χ1) is 12.6. The molecule has 8 nitrogen and oxygen atoms in total. The Bertz CT molecular complexity index is 711. The van der Waals surface area contributed by atoms with Crippen molar-refractivity contribution in [3.05, 3.63) is 60.7 Å². The molecule has 2 rings (SSSR count). The number of hydrogen-bond donors (Lipinski definition) is 4. The van der Waals surface area contributed by atoms with Crippen molar-refractivity contribution in [3.8, 4) is 0 Å². The van der Waals surface area contributed by atoms with Gasteiger partial charge >= 0.3 is 23.6 Å². The van der Waals surface area contributed by atoms with E-state index in [1.165, 1.54) is 0 Å². The summed E-state index contributed by atoms with van der Waals surface area (Å²) in [5.74, 6) is -3.30. The van der Waals surface area contributed by atoms with Gasteiger partial charge in [-0.25, -0.2) is 0 Å². The maximum Gasteiger partial charge on any atom is 0.313 e. The number of carbonyl (C=O) groups is 4. The van der Waals surface area contributed by atoms with Gasteiger partial charge in [0.1, 0.15) is 0 Å². The molecule has 0 bridgehead atoms. The van der Waals surface area contributed by atoms with E-state index in [0.29, 0.717) is 11.4 Å². The normalized spacial score (nSPS) is 9.69. The molecule has 0 saturated heterocycles. The SMILES string of the molecule is O=C(NCCNC(=O)C(=O)Nc1ccccc1)C(=O)Nc1ccccc1. The van der Waals surface area contributed by atoms with Crippen molar-refractivity contribution in [2.24, 2.45) is 0 Å². The van der Waals surface area contributed by atoms with Gasteiger partial charge in [-0.2, -0.15) is 0 Å². The predicted octanol–water partition coefficient (Wildman–Crippen LogP) is 0.496. The molecule has 0 aliphatic heterocycles. The van der Waals surface area contributed by atoms with E-state index in [1.54, 1.807) is 60.7 Å². The zero-order valence-corrected chi connectivity index (χ0v) is 13.8. The summed E-state index contributed by atoms with van der Waals surface area (Å²) in [4.78, 5) is 46.7. The van der Waals surface area contributed by atoms with Crippen LogP contribution in [0.15, 0.2) is 60.7 Å². The van der Waals surface area contributed by atoms with Gasteiger partial charge in [0, 0.05) is 24.5 Å². The highest BCUT2D eigenvalue weighted by Gasteiger charge is 2.15. The molecule has 0 unspecified atom stereocenters. The van der Waals surface area contributed by atoms with Gasteiger partial charge in [-0.05, 0) is 24.3 Å². The third-order valence-corrected chi connectivity index (χ3v) is 3.17. The second kappa shape index (κ2) is 9.58. The van der Waals surface area contributed by atoms with Gasteiger partial charge in [0.25, 0.3) is 0 Å². The monoisotopic (exact) mass is 354 g/mol. The first-order valence-electron chi connectivity index (χ1n) is 7.84. The number of benzene rings is 2. The van der Waals surface area contributed by atoms with Crippen LogP contribution in [-0.4, -0.2) is 36.7 Å². The van der Waals surface area contributed by atoms with Crippen molar-refractivity contribution in [3.63, 3.8) is 0 Å². The Labute approximate surface area is 150 Å². The molecular formula is C18H18N4O4. The van der Waals surface area contributed by atoms with Gasteiger partial charge in [-0.15, -0.1) is 0 Å². The number of para-hydroxylation sites is 2. The number of amides is 4. The van der Waals surface area contributed by atoms with Crippen LogP contribution in [0.4, 0.5) is 11.4 Å². The molecule has 4 N–H and O–H groups in total. The minimum atomic E-state index is -0.836. The Morgan fingerprint density at radius 3 is 1.23 bits per heavy atom. The highest BCUT2D eigenvalue weighted by Crippen LogP contribution is 2.05. The van der Waals surface area contributed by atoms with Crippen LogP contribution >= 0.6 is 0 Å². The van der Waals surface area contributed by atoms with Crippen molar-refractivity contribution in [1.29, 1.82) is 0 Å². The standard InChI is InChI=1S/C18H18N4O4/c23-15(17(25)21-13-7-3-1-4-8-13)19-11-12-20-16(24)18(26)22-14-9-5-2-6-10-14/h1-10H,11-12H2,(H,19,23)(H,20,24)(H,21,25)(H,22,26). The van der Waals surface area contributed by atoms with Crippen LogP contribution in [-0.2, 0) is 19.2 Å². The minimum Gasteiger partial charge on any atom is -0.346 e. The molecule has 0 aliphatic carbocycles. The summed E-state index contributed by atoms with van der Waals surface area (Å²) in [7, 11) is 0. The Balaban J connectivity index is 1.66. The summed E-state index contributed by atoms with van der Waals surface area (Å²) < 4.78 is 0. The molecule has 8 heteroatoms. The van der Waals surface area contributed by atoms with E-state index in [2.05, 4.69) is 21.3 Å². The zero-order chi connectivity index (χ0) is 18.8. The average molecular weight is 354 g/mol. The fourth-order valence-corrected chi connectivity index (χ4v) is 1.93. The van der Waals surface area contributed by atoms with Crippen molar-refractivity contribution in [2.45, 2.75) is 0 Å². The summed E-state index contributed by atoms with van der Waals surface area (Å²) in [6, 6.07) is 17.1. The van der Waals surface area contributed by atoms with Crippen molar-refractivity contribution < 1.29 is 19.2 Å². The van der Waals surface area contributed by atoms with Crippen LogP contribution < -0.4 is 21.3 Å². The van der Waals surface area contributed by atoms with Crippen LogP contribution in [0.2, 0.25) is 0 Å². The number of hydrogen-bond acceptors (Lipinski definition) is 4. The number of anilines is 2. The molecule has 4 amide bonds. The van der Waals surface area contributed by atoms with Crippen LogP contribution in [0.1, 0.15) is 0 Å². The Hall–Kier alpha value is -3.68. The maximum absolute atomic E-state index is 11.7. The molecule has 0 radical (unpaired) electrons. The predicted molar refractivity (Wildman–Crippen MR) is 96.2 cm³/mol. The van der Waals surface area contributed by atoms with E-state index in [-0.39, 0.29) is 13.1 Å². The minimum absolute atomic E-state index is 0.00536. The molecule has 0 saturated carbocycles. The summed E-state index contributed by atoms with van der Waals surface area (Å²) in [5, 5.41) is 9.57. The number of carbonyl (C=O) groups excluding carboxylic acids is 4. The lowest BCUT2D eigenvalue weighted by Gasteiger charge is -2.08.